The van der Waals surface area contributed by atoms with Gasteiger partial charge in [0.15, 0.2) is 0 Å². The van der Waals surface area contributed by atoms with Gasteiger partial charge in [-0.05, 0) is 18.6 Å². The molecule has 0 unspecified atom stereocenters. The van der Waals surface area contributed by atoms with Crippen LogP contribution in [0, 0.1) is 0 Å². The summed E-state index contributed by atoms with van der Waals surface area (Å²) in [5.41, 5.74) is -0.931. The minimum atomic E-state index is -0.719. The highest BCUT2D eigenvalue weighted by molar-refractivity contribution is 6.40. The highest BCUT2D eigenvalue weighted by Gasteiger charge is 2.18. The molecule has 4 nitrogen and oxygen atoms in total. The summed E-state index contributed by atoms with van der Waals surface area (Å²) in [6, 6.07) is 2.80. The van der Waals surface area contributed by atoms with Crippen molar-refractivity contribution in [2.45, 2.75) is 13.3 Å². The molecule has 0 radical (unpaired) electrons. The van der Waals surface area contributed by atoms with E-state index in [4.69, 9.17) is 46.4 Å². The van der Waals surface area contributed by atoms with Crippen molar-refractivity contribution in [3.63, 3.8) is 0 Å². The molecule has 1 N–H and O–H groups in total. The van der Waals surface area contributed by atoms with Gasteiger partial charge in [0, 0.05) is 5.02 Å². The topological polar surface area (TPSA) is 54.9 Å². The van der Waals surface area contributed by atoms with Crippen molar-refractivity contribution in [3.8, 4) is 5.69 Å². The van der Waals surface area contributed by atoms with E-state index in [2.05, 4.69) is 4.98 Å². The van der Waals surface area contributed by atoms with Gasteiger partial charge in [-0.1, -0.05) is 53.3 Å². The molecule has 0 aliphatic rings. The van der Waals surface area contributed by atoms with Gasteiger partial charge in [0.25, 0.3) is 5.56 Å². The number of rotatable bonds is 2. The molecule has 106 valence electrons. The molecule has 0 saturated carbocycles. The lowest BCUT2D eigenvalue weighted by Crippen LogP contribution is -2.36. The Labute approximate surface area is 133 Å². The molecule has 0 fully saturated rings. The molecule has 1 aromatic heterocycles. The molecule has 8 heteroatoms. The smallest absolute Gasteiger partial charge is 0.297 e. The van der Waals surface area contributed by atoms with Gasteiger partial charge in [-0.25, -0.2) is 9.36 Å². The Kier molecular flexibility index (Phi) is 4.49. The van der Waals surface area contributed by atoms with Crippen molar-refractivity contribution in [2.75, 3.05) is 0 Å². The summed E-state index contributed by atoms with van der Waals surface area (Å²) >= 11 is 23.7. The van der Waals surface area contributed by atoms with Gasteiger partial charge in [-0.15, -0.1) is 0 Å². The van der Waals surface area contributed by atoms with E-state index in [1.807, 2.05) is 0 Å². The summed E-state index contributed by atoms with van der Waals surface area (Å²) < 4.78 is 0.853. The van der Waals surface area contributed by atoms with Crippen LogP contribution in [0.3, 0.4) is 0 Å². The van der Waals surface area contributed by atoms with Gasteiger partial charge in [0.05, 0.1) is 21.3 Å². The van der Waals surface area contributed by atoms with Crippen LogP contribution in [0.15, 0.2) is 21.7 Å². The van der Waals surface area contributed by atoms with Crippen molar-refractivity contribution >= 4 is 46.4 Å². The predicted molar refractivity (Wildman–Crippen MR) is 82.1 cm³/mol. The SMILES string of the molecule is CCc1c(Cl)[nH]c(=O)n(-c2c(Cl)cc(Cl)cc2Cl)c1=O. The fraction of sp³-hybridized carbons (Fsp3) is 0.167. The van der Waals surface area contributed by atoms with Crippen LogP contribution in [0.4, 0.5) is 0 Å². The monoisotopic (exact) mass is 352 g/mol. The lowest BCUT2D eigenvalue weighted by molar-refractivity contribution is 0.842. The Morgan fingerprint density at radius 1 is 1.10 bits per heavy atom. The molecule has 0 amide bonds. The summed E-state index contributed by atoms with van der Waals surface area (Å²) in [6.45, 7) is 1.75. The number of aromatic amines is 1. The van der Waals surface area contributed by atoms with Crippen molar-refractivity contribution in [1.82, 2.24) is 9.55 Å². The lowest BCUT2D eigenvalue weighted by Gasteiger charge is -2.11. The zero-order valence-corrected chi connectivity index (χ0v) is 13.2. The minimum absolute atomic E-state index is 0.0139. The Morgan fingerprint density at radius 3 is 2.15 bits per heavy atom. The molecule has 1 aromatic carbocycles. The Morgan fingerprint density at radius 2 is 1.65 bits per heavy atom. The standard InChI is InChI=1S/C12H8Cl4N2O2/c1-2-6-10(16)17-12(20)18(11(6)19)9-7(14)3-5(13)4-8(9)15/h3-4H,2H2,1H3,(H,17,20). The zero-order chi connectivity index (χ0) is 15.0. The highest BCUT2D eigenvalue weighted by Crippen LogP contribution is 2.30. The molecule has 0 bridgehead atoms. The molecular weight excluding hydrogens is 346 g/mol. The predicted octanol–water partition coefficient (Wildman–Crippen LogP) is 3.70. The Balaban J connectivity index is 2.91. The fourth-order valence-corrected chi connectivity index (χ4v) is 3.09. The third-order valence-electron chi connectivity index (χ3n) is 2.70. The number of H-pyrrole nitrogens is 1. The first-order valence-electron chi connectivity index (χ1n) is 5.55. The zero-order valence-electron chi connectivity index (χ0n) is 10.1. The average Bonchev–Trinajstić information content (AvgIpc) is 2.32. The Hall–Kier alpha value is -0.940. The molecule has 0 spiro atoms. The van der Waals surface area contributed by atoms with E-state index in [0.717, 1.165) is 4.57 Å². The number of nitrogens with one attached hydrogen (secondary N) is 1. The maximum absolute atomic E-state index is 12.3. The molecule has 0 aliphatic heterocycles. The summed E-state index contributed by atoms with van der Waals surface area (Å²) in [5.74, 6) is 0. The molecule has 0 atom stereocenters. The second-order valence-corrected chi connectivity index (χ2v) is 5.56. The fourth-order valence-electron chi connectivity index (χ4n) is 1.80. The van der Waals surface area contributed by atoms with Crippen LogP contribution in [-0.2, 0) is 6.42 Å². The van der Waals surface area contributed by atoms with E-state index < -0.39 is 11.2 Å². The van der Waals surface area contributed by atoms with E-state index in [0.29, 0.717) is 11.4 Å². The maximum Gasteiger partial charge on any atom is 0.334 e. The van der Waals surface area contributed by atoms with Gasteiger partial charge in [0.2, 0.25) is 0 Å². The van der Waals surface area contributed by atoms with E-state index in [1.54, 1.807) is 6.92 Å². The first kappa shape index (κ1) is 15.4. The molecular formula is C12H8Cl4N2O2. The maximum atomic E-state index is 12.3. The van der Waals surface area contributed by atoms with Crippen molar-refractivity contribution in [2.24, 2.45) is 0 Å². The second-order valence-electron chi connectivity index (χ2n) is 3.93. The largest absolute Gasteiger partial charge is 0.334 e. The highest BCUT2D eigenvalue weighted by atomic mass is 35.5. The number of aromatic nitrogens is 2. The second kappa shape index (κ2) is 5.82. The molecule has 2 rings (SSSR count). The van der Waals surface area contributed by atoms with E-state index in [1.165, 1.54) is 12.1 Å². The first-order valence-corrected chi connectivity index (χ1v) is 7.06. The molecule has 0 aliphatic carbocycles. The minimum Gasteiger partial charge on any atom is -0.297 e. The van der Waals surface area contributed by atoms with Crippen molar-refractivity contribution in [3.05, 3.63) is 58.8 Å². The molecule has 2 aromatic rings. The number of benzene rings is 1. The molecule has 20 heavy (non-hydrogen) atoms. The van der Waals surface area contributed by atoms with Crippen LogP contribution >= 0.6 is 46.4 Å². The van der Waals surface area contributed by atoms with Gasteiger partial charge in [-0.3, -0.25) is 9.78 Å². The summed E-state index contributed by atoms with van der Waals surface area (Å²) in [5, 5.41) is 0.511. The normalized spacial score (nSPS) is 10.8. The van der Waals surface area contributed by atoms with Crippen LogP contribution in [0.5, 0.6) is 0 Å². The first-order chi connectivity index (χ1) is 9.36. The summed E-state index contributed by atoms with van der Waals surface area (Å²) in [6.07, 6.45) is 0.358. The van der Waals surface area contributed by atoms with Crippen LogP contribution in [0.1, 0.15) is 12.5 Å². The third-order valence-corrected chi connectivity index (χ3v) is 3.82. The Bertz CT molecular complexity index is 772. The van der Waals surface area contributed by atoms with Crippen LogP contribution < -0.4 is 11.2 Å². The van der Waals surface area contributed by atoms with Crippen molar-refractivity contribution < 1.29 is 0 Å². The molecule has 1 heterocycles. The van der Waals surface area contributed by atoms with E-state index in [-0.39, 0.29) is 26.4 Å². The number of hydrogen-bond donors (Lipinski definition) is 1. The molecule has 0 saturated heterocycles. The van der Waals surface area contributed by atoms with Crippen molar-refractivity contribution in [1.29, 1.82) is 0 Å². The van der Waals surface area contributed by atoms with Crippen LogP contribution in [0.2, 0.25) is 20.2 Å². The third kappa shape index (κ3) is 2.61. The van der Waals surface area contributed by atoms with Crippen LogP contribution in [0.25, 0.3) is 5.69 Å². The average molecular weight is 354 g/mol. The summed E-state index contributed by atoms with van der Waals surface area (Å²) in [4.78, 5) is 26.7. The number of nitrogens with zero attached hydrogens (tertiary/aromatic N) is 1. The van der Waals surface area contributed by atoms with E-state index in [9.17, 15) is 9.59 Å². The summed E-state index contributed by atoms with van der Waals surface area (Å²) in [7, 11) is 0. The number of halogens is 4. The number of hydrogen-bond acceptors (Lipinski definition) is 2. The quantitative estimate of drug-likeness (QED) is 0.837. The van der Waals surface area contributed by atoms with Gasteiger partial charge >= 0.3 is 5.69 Å². The van der Waals surface area contributed by atoms with Gasteiger partial charge in [-0.2, -0.15) is 0 Å². The van der Waals surface area contributed by atoms with Gasteiger partial charge < -0.3 is 0 Å². The van der Waals surface area contributed by atoms with Gasteiger partial charge in [0.1, 0.15) is 5.15 Å². The van der Waals surface area contributed by atoms with E-state index >= 15 is 0 Å². The van der Waals surface area contributed by atoms with Crippen LogP contribution in [-0.4, -0.2) is 9.55 Å². The lowest BCUT2D eigenvalue weighted by atomic mass is 10.2.